The number of halogens is 1. The molecule has 0 aliphatic carbocycles. The number of anilines is 2. The lowest BCUT2D eigenvalue weighted by Crippen LogP contribution is -2.50. The van der Waals surface area contributed by atoms with Crippen molar-refractivity contribution in [2.24, 2.45) is 0 Å². The minimum atomic E-state index is -0.429. The summed E-state index contributed by atoms with van der Waals surface area (Å²) in [6, 6.07) is 3.91. The molecule has 0 aromatic heterocycles. The van der Waals surface area contributed by atoms with Gasteiger partial charge >= 0.3 is 0 Å². The molecule has 5 nitrogen and oxygen atoms in total. The second-order valence-corrected chi connectivity index (χ2v) is 5.60. The molecular weight excluding hydrogens is 261 g/mol. The predicted octanol–water partition coefficient (Wildman–Crippen LogP) is 1.46. The second-order valence-electron chi connectivity index (χ2n) is 5.60. The fraction of sp³-hybridized carbons (Fsp3) is 0.500. The molecule has 0 bridgehead atoms. The minimum Gasteiger partial charge on any atom is -0.397 e. The first kappa shape index (κ1) is 14.7. The summed E-state index contributed by atoms with van der Waals surface area (Å²) in [5, 5.41) is 2.64. The number of morpholine rings is 1. The molecule has 3 N–H and O–H groups in total. The van der Waals surface area contributed by atoms with E-state index in [-0.39, 0.29) is 18.1 Å². The van der Waals surface area contributed by atoms with E-state index in [1.165, 1.54) is 18.2 Å². The number of hydrogen-bond donors (Lipinski definition) is 2. The van der Waals surface area contributed by atoms with Crippen LogP contribution in [0.1, 0.15) is 13.8 Å². The van der Waals surface area contributed by atoms with Gasteiger partial charge in [0, 0.05) is 13.1 Å². The molecule has 1 amide bonds. The molecule has 0 saturated carbocycles. The lowest BCUT2D eigenvalue weighted by atomic mass is 10.1. The third-order valence-corrected chi connectivity index (χ3v) is 3.16. The Labute approximate surface area is 117 Å². The molecule has 20 heavy (non-hydrogen) atoms. The standard InChI is InChI=1S/C14H20FN3O2/c1-14(2)9-18(5-6-20-14)8-13(19)17-12-7-10(15)3-4-11(12)16/h3-4,7H,5-6,8-9,16H2,1-2H3,(H,17,19). The number of rotatable bonds is 3. The van der Waals surface area contributed by atoms with Crippen LogP contribution in [0.3, 0.4) is 0 Å². The second kappa shape index (κ2) is 5.76. The minimum absolute atomic E-state index is 0.208. The maximum Gasteiger partial charge on any atom is 0.238 e. The zero-order valence-electron chi connectivity index (χ0n) is 11.8. The van der Waals surface area contributed by atoms with Crippen LogP contribution in [-0.4, -0.2) is 42.6 Å². The average molecular weight is 281 g/mol. The molecule has 1 aromatic rings. The smallest absolute Gasteiger partial charge is 0.238 e. The number of nitrogens with one attached hydrogen (secondary N) is 1. The maximum absolute atomic E-state index is 13.1. The molecule has 1 aromatic carbocycles. The van der Waals surface area contributed by atoms with Crippen molar-refractivity contribution < 1.29 is 13.9 Å². The Balaban J connectivity index is 1.94. The quantitative estimate of drug-likeness (QED) is 0.823. The number of nitrogens with zero attached hydrogens (tertiary/aromatic N) is 1. The van der Waals surface area contributed by atoms with Crippen molar-refractivity contribution in [1.82, 2.24) is 4.90 Å². The van der Waals surface area contributed by atoms with Crippen molar-refractivity contribution in [1.29, 1.82) is 0 Å². The molecule has 1 fully saturated rings. The fourth-order valence-electron chi connectivity index (χ4n) is 2.28. The highest BCUT2D eigenvalue weighted by molar-refractivity contribution is 5.95. The van der Waals surface area contributed by atoms with Crippen LogP contribution >= 0.6 is 0 Å². The number of carbonyl (C=O) groups excluding carboxylic acids is 1. The molecular formula is C14H20FN3O2. The number of hydrogen-bond acceptors (Lipinski definition) is 4. The highest BCUT2D eigenvalue weighted by atomic mass is 19.1. The normalized spacial score (nSPS) is 18.8. The van der Waals surface area contributed by atoms with Gasteiger partial charge in [0.2, 0.25) is 5.91 Å². The van der Waals surface area contributed by atoms with Gasteiger partial charge in [-0.3, -0.25) is 9.69 Å². The predicted molar refractivity (Wildman–Crippen MR) is 75.9 cm³/mol. The molecule has 0 spiro atoms. The van der Waals surface area contributed by atoms with Crippen molar-refractivity contribution >= 4 is 17.3 Å². The van der Waals surface area contributed by atoms with Crippen molar-refractivity contribution in [3.8, 4) is 0 Å². The van der Waals surface area contributed by atoms with Gasteiger partial charge in [-0.1, -0.05) is 0 Å². The first-order valence-corrected chi connectivity index (χ1v) is 6.57. The number of amides is 1. The van der Waals surface area contributed by atoms with E-state index < -0.39 is 5.82 Å². The van der Waals surface area contributed by atoms with Gasteiger partial charge in [-0.2, -0.15) is 0 Å². The zero-order chi connectivity index (χ0) is 14.8. The van der Waals surface area contributed by atoms with E-state index in [2.05, 4.69) is 5.32 Å². The Morgan fingerprint density at radius 2 is 2.30 bits per heavy atom. The van der Waals surface area contributed by atoms with Crippen LogP contribution in [0.4, 0.5) is 15.8 Å². The Bertz CT molecular complexity index is 505. The van der Waals surface area contributed by atoms with E-state index in [0.29, 0.717) is 31.1 Å². The third kappa shape index (κ3) is 3.91. The number of benzene rings is 1. The molecule has 0 atom stereocenters. The van der Waals surface area contributed by atoms with Gasteiger partial charge in [-0.25, -0.2) is 4.39 Å². The summed E-state index contributed by atoms with van der Waals surface area (Å²) in [6.07, 6.45) is 0. The van der Waals surface area contributed by atoms with E-state index >= 15 is 0 Å². The van der Waals surface area contributed by atoms with E-state index in [1.54, 1.807) is 0 Å². The van der Waals surface area contributed by atoms with Crippen molar-refractivity contribution in [2.45, 2.75) is 19.4 Å². The summed E-state index contributed by atoms with van der Waals surface area (Å²) in [7, 11) is 0. The van der Waals surface area contributed by atoms with E-state index in [1.807, 2.05) is 18.7 Å². The highest BCUT2D eigenvalue weighted by Crippen LogP contribution is 2.20. The van der Waals surface area contributed by atoms with Crippen LogP contribution in [0.5, 0.6) is 0 Å². The van der Waals surface area contributed by atoms with Crippen LogP contribution < -0.4 is 11.1 Å². The number of nitrogens with two attached hydrogens (primary N) is 1. The molecule has 1 heterocycles. The van der Waals surface area contributed by atoms with Crippen LogP contribution in [-0.2, 0) is 9.53 Å². The van der Waals surface area contributed by atoms with Crippen molar-refractivity contribution in [2.75, 3.05) is 37.3 Å². The van der Waals surface area contributed by atoms with Gasteiger partial charge < -0.3 is 15.8 Å². The molecule has 1 aliphatic rings. The number of carbonyl (C=O) groups is 1. The zero-order valence-corrected chi connectivity index (χ0v) is 11.8. The van der Waals surface area contributed by atoms with E-state index in [4.69, 9.17) is 10.5 Å². The Morgan fingerprint density at radius 3 is 3.00 bits per heavy atom. The average Bonchev–Trinajstić information content (AvgIpc) is 2.32. The molecule has 0 radical (unpaired) electrons. The maximum atomic E-state index is 13.1. The lowest BCUT2D eigenvalue weighted by molar-refractivity contribution is -0.122. The molecule has 110 valence electrons. The summed E-state index contributed by atoms with van der Waals surface area (Å²) in [6.45, 7) is 6.20. The van der Waals surface area contributed by atoms with Crippen LogP contribution in [0.15, 0.2) is 18.2 Å². The summed E-state index contributed by atoms with van der Waals surface area (Å²) in [4.78, 5) is 14.0. The molecule has 1 aliphatic heterocycles. The van der Waals surface area contributed by atoms with Crippen LogP contribution in [0.25, 0.3) is 0 Å². The van der Waals surface area contributed by atoms with Crippen molar-refractivity contribution in [3.63, 3.8) is 0 Å². The van der Waals surface area contributed by atoms with Crippen LogP contribution in [0, 0.1) is 5.82 Å². The van der Waals surface area contributed by atoms with Crippen LogP contribution in [0.2, 0.25) is 0 Å². The first-order chi connectivity index (χ1) is 9.35. The molecule has 0 unspecified atom stereocenters. The first-order valence-electron chi connectivity index (χ1n) is 6.57. The van der Waals surface area contributed by atoms with Gasteiger partial charge in [0.25, 0.3) is 0 Å². The Hall–Kier alpha value is -1.66. The van der Waals surface area contributed by atoms with Gasteiger partial charge in [0.05, 0.1) is 30.1 Å². The summed E-state index contributed by atoms with van der Waals surface area (Å²) >= 11 is 0. The van der Waals surface area contributed by atoms with E-state index in [9.17, 15) is 9.18 Å². The highest BCUT2D eigenvalue weighted by Gasteiger charge is 2.28. The van der Waals surface area contributed by atoms with Gasteiger partial charge in [-0.05, 0) is 32.0 Å². The molecule has 2 rings (SSSR count). The van der Waals surface area contributed by atoms with Gasteiger partial charge in [0.15, 0.2) is 0 Å². The number of nitrogen functional groups attached to an aromatic ring is 1. The Morgan fingerprint density at radius 1 is 1.55 bits per heavy atom. The largest absolute Gasteiger partial charge is 0.397 e. The Kier molecular flexibility index (Phi) is 4.25. The summed E-state index contributed by atoms with van der Waals surface area (Å²) < 4.78 is 18.7. The fourth-order valence-corrected chi connectivity index (χ4v) is 2.28. The third-order valence-electron chi connectivity index (χ3n) is 3.16. The summed E-state index contributed by atoms with van der Waals surface area (Å²) in [5.41, 5.74) is 6.10. The van der Waals surface area contributed by atoms with Gasteiger partial charge in [0.1, 0.15) is 5.82 Å². The van der Waals surface area contributed by atoms with E-state index in [0.717, 1.165) is 0 Å². The molecule has 6 heteroatoms. The topological polar surface area (TPSA) is 67.6 Å². The number of ether oxygens (including phenoxy) is 1. The lowest BCUT2D eigenvalue weighted by Gasteiger charge is -2.37. The SMILES string of the molecule is CC1(C)CN(CC(=O)Nc2cc(F)ccc2N)CCO1. The summed E-state index contributed by atoms with van der Waals surface area (Å²) in [5.74, 6) is -0.637. The van der Waals surface area contributed by atoms with Gasteiger partial charge in [-0.15, -0.1) is 0 Å². The van der Waals surface area contributed by atoms with Crippen molar-refractivity contribution in [3.05, 3.63) is 24.0 Å². The molecule has 1 saturated heterocycles. The monoisotopic (exact) mass is 281 g/mol.